The molecule has 0 amide bonds. The Morgan fingerprint density at radius 2 is 1.67 bits per heavy atom. The van der Waals surface area contributed by atoms with Crippen LogP contribution in [0.5, 0.6) is 5.75 Å². The van der Waals surface area contributed by atoms with E-state index in [1.807, 2.05) is 30.3 Å². The molecule has 0 aromatic heterocycles. The fourth-order valence-corrected chi connectivity index (χ4v) is 0.557. The van der Waals surface area contributed by atoms with E-state index >= 15 is 0 Å². The molecule has 0 radical (unpaired) electrons. The summed E-state index contributed by atoms with van der Waals surface area (Å²) in [4.78, 5) is 0. The van der Waals surface area contributed by atoms with Gasteiger partial charge in [0.05, 0.1) is 7.11 Å². The topological polar surface area (TPSA) is 9.23 Å². The summed E-state index contributed by atoms with van der Waals surface area (Å²) >= 11 is 0. The van der Waals surface area contributed by atoms with Crippen molar-refractivity contribution in [2.45, 2.75) is 0 Å². The zero-order chi connectivity index (χ0) is 5.82. The maximum absolute atomic E-state index is 4.91. The molecule has 0 aliphatic rings. The van der Waals surface area contributed by atoms with Crippen molar-refractivity contribution in [1.29, 1.82) is 0 Å². The van der Waals surface area contributed by atoms with Crippen LogP contribution in [0.25, 0.3) is 0 Å². The van der Waals surface area contributed by atoms with Gasteiger partial charge in [0.1, 0.15) is 5.75 Å². The normalized spacial score (nSPS) is 7.67. The number of methoxy groups -OCH3 is 1. The van der Waals surface area contributed by atoms with E-state index in [2.05, 4.69) is 0 Å². The van der Waals surface area contributed by atoms with Gasteiger partial charge in [0.25, 0.3) is 0 Å². The molecule has 0 unspecified atom stereocenters. The van der Waals surface area contributed by atoms with Crippen LogP contribution >= 0.6 is 0 Å². The van der Waals surface area contributed by atoms with Gasteiger partial charge in [0, 0.05) is 19.5 Å². The van der Waals surface area contributed by atoms with E-state index in [1.54, 1.807) is 7.11 Å². The number of ether oxygens (including phenoxy) is 1. The van der Waals surface area contributed by atoms with Crippen molar-refractivity contribution < 1.29 is 24.2 Å². The minimum absolute atomic E-state index is 0. The SMILES string of the molecule is COc1ccccc1.[Ru]. The molecule has 0 aliphatic carbocycles. The van der Waals surface area contributed by atoms with Gasteiger partial charge in [-0.3, -0.25) is 0 Å². The van der Waals surface area contributed by atoms with Crippen LogP contribution in [0.15, 0.2) is 30.3 Å². The number of hydrogen-bond donors (Lipinski definition) is 0. The van der Waals surface area contributed by atoms with Gasteiger partial charge in [-0.2, -0.15) is 0 Å². The monoisotopic (exact) mass is 210 g/mol. The van der Waals surface area contributed by atoms with E-state index in [1.165, 1.54) is 0 Å². The van der Waals surface area contributed by atoms with Crippen LogP contribution in [0.4, 0.5) is 0 Å². The molecule has 0 atom stereocenters. The molecule has 0 bridgehead atoms. The molecule has 9 heavy (non-hydrogen) atoms. The van der Waals surface area contributed by atoms with E-state index in [0.29, 0.717) is 0 Å². The van der Waals surface area contributed by atoms with Crippen molar-refractivity contribution in [3.63, 3.8) is 0 Å². The van der Waals surface area contributed by atoms with E-state index in [-0.39, 0.29) is 19.5 Å². The Kier molecular flexibility index (Phi) is 4.34. The first-order chi connectivity index (χ1) is 3.93. The second-order valence-corrected chi connectivity index (χ2v) is 1.52. The van der Waals surface area contributed by atoms with E-state index < -0.39 is 0 Å². The Balaban J connectivity index is 0.000000640. The van der Waals surface area contributed by atoms with Gasteiger partial charge in [-0.15, -0.1) is 0 Å². The molecule has 50 valence electrons. The van der Waals surface area contributed by atoms with E-state index in [4.69, 9.17) is 4.74 Å². The fraction of sp³-hybridized carbons (Fsp3) is 0.143. The van der Waals surface area contributed by atoms with Crippen molar-refractivity contribution >= 4 is 0 Å². The number of hydrogen-bond acceptors (Lipinski definition) is 1. The summed E-state index contributed by atoms with van der Waals surface area (Å²) in [6, 6.07) is 9.68. The van der Waals surface area contributed by atoms with Crippen molar-refractivity contribution in [3.8, 4) is 5.75 Å². The number of rotatable bonds is 1. The summed E-state index contributed by atoms with van der Waals surface area (Å²) in [5.74, 6) is 0.910. The average molecular weight is 209 g/mol. The number of para-hydroxylation sites is 1. The fourth-order valence-electron chi connectivity index (χ4n) is 0.557. The molecular formula is C7H8ORu. The third kappa shape index (κ3) is 2.62. The molecule has 1 nitrogen and oxygen atoms in total. The molecule has 0 N–H and O–H groups in total. The summed E-state index contributed by atoms with van der Waals surface area (Å²) in [5.41, 5.74) is 0. The average Bonchev–Trinajstić information content (AvgIpc) is 1.90. The maximum atomic E-state index is 4.91. The summed E-state index contributed by atoms with van der Waals surface area (Å²) in [7, 11) is 1.66. The molecule has 0 aliphatic heterocycles. The smallest absolute Gasteiger partial charge is 0.118 e. The molecule has 0 saturated heterocycles. The van der Waals surface area contributed by atoms with Crippen LogP contribution in [0.2, 0.25) is 0 Å². The minimum Gasteiger partial charge on any atom is -0.497 e. The molecule has 0 fully saturated rings. The first-order valence-corrected chi connectivity index (χ1v) is 2.52. The van der Waals surface area contributed by atoms with Gasteiger partial charge in [-0.1, -0.05) is 18.2 Å². The Labute approximate surface area is 67.8 Å². The maximum Gasteiger partial charge on any atom is 0.118 e. The molecule has 0 saturated carbocycles. The zero-order valence-corrected chi connectivity index (χ0v) is 6.89. The summed E-state index contributed by atoms with van der Waals surface area (Å²) in [6.45, 7) is 0. The second kappa shape index (κ2) is 4.52. The first-order valence-electron chi connectivity index (χ1n) is 2.52. The third-order valence-electron chi connectivity index (χ3n) is 0.979. The zero-order valence-electron chi connectivity index (χ0n) is 5.15. The van der Waals surface area contributed by atoms with E-state index in [9.17, 15) is 0 Å². The molecule has 0 heterocycles. The third-order valence-corrected chi connectivity index (χ3v) is 0.979. The largest absolute Gasteiger partial charge is 0.497 e. The summed E-state index contributed by atoms with van der Waals surface area (Å²) < 4.78 is 4.91. The second-order valence-electron chi connectivity index (χ2n) is 1.52. The van der Waals surface area contributed by atoms with Crippen LogP contribution in [-0.2, 0) is 19.5 Å². The van der Waals surface area contributed by atoms with Crippen molar-refractivity contribution in [3.05, 3.63) is 30.3 Å². The van der Waals surface area contributed by atoms with Crippen molar-refractivity contribution in [1.82, 2.24) is 0 Å². The molecular weight excluding hydrogens is 201 g/mol. The molecule has 1 aromatic rings. The Hall–Kier alpha value is -0.357. The van der Waals surface area contributed by atoms with Gasteiger partial charge in [0.2, 0.25) is 0 Å². The van der Waals surface area contributed by atoms with Gasteiger partial charge in [-0.25, -0.2) is 0 Å². The Morgan fingerprint density at radius 1 is 1.11 bits per heavy atom. The van der Waals surface area contributed by atoms with Crippen LogP contribution in [0.1, 0.15) is 0 Å². The first kappa shape index (κ1) is 8.64. The predicted molar refractivity (Wildman–Crippen MR) is 33.0 cm³/mol. The predicted octanol–water partition coefficient (Wildman–Crippen LogP) is 1.69. The van der Waals surface area contributed by atoms with Crippen molar-refractivity contribution in [2.24, 2.45) is 0 Å². The summed E-state index contributed by atoms with van der Waals surface area (Å²) in [5, 5.41) is 0. The van der Waals surface area contributed by atoms with Crippen LogP contribution in [0.3, 0.4) is 0 Å². The van der Waals surface area contributed by atoms with Gasteiger partial charge >= 0.3 is 0 Å². The van der Waals surface area contributed by atoms with Crippen LogP contribution in [-0.4, -0.2) is 7.11 Å². The Morgan fingerprint density at radius 3 is 2.00 bits per heavy atom. The van der Waals surface area contributed by atoms with Crippen LogP contribution < -0.4 is 4.74 Å². The molecule has 1 aromatic carbocycles. The quantitative estimate of drug-likeness (QED) is 0.639. The van der Waals surface area contributed by atoms with Gasteiger partial charge < -0.3 is 4.74 Å². The molecule has 0 spiro atoms. The van der Waals surface area contributed by atoms with Crippen LogP contribution in [0, 0.1) is 0 Å². The van der Waals surface area contributed by atoms with Gasteiger partial charge in [0.15, 0.2) is 0 Å². The van der Waals surface area contributed by atoms with Crippen molar-refractivity contribution in [2.75, 3.05) is 7.11 Å². The van der Waals surface area contributed by atoms with E-state index in [0.717, 1.165) is 5.75 Å². The van der Waals surface area contributed by atoms with Gasteiger partial charge in [-0.05, 0) is 12.1 Å². The standard InChI is InChI=1S/C7H8O.Ru/c1-8-7-5-3-2-4-6-7;/h2-6H,1H3;. The minimum atomic E-state index is 0. The molecule has 2 heteroatoms. The number of benzene rings is 1. The Bertz CT molecular complexity index is 150. The summed E-state index contributed by atoms with van der Waals surface area (Å²) in [6.07, 6.45) is 0. The molecule has 1 rings (SSSR count).